The molecule has 100 valence electrons. The normalized spacial score (nSPS) is 12.1. The van der Waals surface area contributed by atoms with E-state index >= 15 is 0 Å². The Morgan fingerprint density at radius 2 is 2.17 bits per heavy atom. The zero-order valence-corrected chi connectivity index (χ0v) is 13.9. The third-order valence-corrected chi connectivity index (χ3v) is 3.76. The minimum absolute atomic E-state index is 0.00562. The molecule has 0 N–H and O–H groups in total. The number of amides is 1. The van der Waals surface area contributed by atoms with Gasteiger partial charge < -0.3 is 9.64 Å². The van der Waals surface area contributed by atoms with Gasteiger partial charge in [-0.15, -0.1) is 0 Å². The van der Waals surface area contributed by atoms with Crippen LogP contribution in [0.2, 0.25) is 0 Å². The molecule has 0 bridgehead atoms. The van der Waals surface area contributed by atoms with Gasteiger partial charge in [0.25, 0.3) is 5.91 Å². The number of methoxy groups -OCH3 is 1. The van der Waals surface area contributed by atoms with Crippen molar-refractivity contribution in [3.8, 4) is 5.75 Å². The Balaban J connectivity index is 2.82. The SMILES string of the molecule is COc1ccc(Br)c(C(=O)N(C)CCC(C)Br)c1. The van der Waals surface area contributed by atoms with E-state index < -0.39 is 0 Å². The second-order valence-electron chi connectivity index (χ2n) is 4.14. The number of benzene rings is 1. The van der Waals surface area contributed by atoms with Crippen LogP contribution in [0.25, 0.3) is 0 Å². The summed E-state index contributed by atoms with van der Waals surface area (Å²) in [5, 5.41) is 0. The number of halogens is 2. The second-order valence-corrected chi connectivity index (χ2v) is 6.56. The summed E-state index contributed by atoms with van der Waals surface area (Å²) in [4.78, 5) is 14.4. The number of ether oxygens (including phenoxy) is 1. The summed E-state index contributed by atoms with van der Waals surface area (Å²) in [7, 11) is 3.40. The molecular formula is C13H17Br2NO2. The number of carbonyl (C=O) groups is 1. The zero-order valence-electron chi connectivity index (χ0n) is 10.7. The van der Waals surface area contributed by atoms with E-state index in [0.29, 0.717) is 16.1 Å². The summed E-state index contributed by atoms with van der Waals surface area (Å²) < 4.78 is 5.92. The van der Waals surface area contributed by atoms with Crippen molar-refractivity contribution in [3.05, 3.63) is 28.2 Å². The quantitative estimate of drug-likeness (QED) is 0.731. The molecule has 1 atom stereocenters. The largest absolute Gasteiger partial charge is 0.497 e. The third-order valence-electron chi connectivity index (χ3n) is 2.61. The molecule has 0 heterocycles. The highest BCUT2D eigenvalue weighted by molar-refractivity contribution is 9.10. The van der Waals surface area contributed by atoms with Crippen LogP contribution in [0.15, 0.2) is 22.7 Å². The van der Waals surface area contributed by atoms with E-state index in [0.717, 1.165) is 17.4 Å². The topological polar surface area (TPSA) is 29.5 Å². The Hall–Kier alpha value is -0.550. The Morgan fingerprint density at radius 1 is 1.50 bits per heavy atom. The number of alkyl halides is 1. The van der Waals surface area contributed by atoms with Crippen LogP contribution >= 0.6 is 31.9 Å². The van der Waals surface area contributed by atoms with Gasteiger partial charge in [0.1, 0.15) is 5.75 Å². The van der Waals surface area contributed by atoms with Gasteiger partial charge in [-0.3, -0.25) is 4.79 Å². The highest BCUT2D eigenvalue weighted by Crippen LogP contribution is 2.23. The molecule has 5 heteroatoms. The van der Waals surface area contributed by atoms with E-state index in [-0.39, 0.29) is 5.91 Å². The smallest absolute Gasteiger partial charge is 0.254 e. The van der Waals surface area contributed by atoms with Gasteiger partial charge in [-0.25, -0.2) is 0 Å². The van der Waals surface area contributed by atoms with Crippen molar-refractivity contribution in [2.75, 3.05) is 20.7 Å². The first-order valence-corrected chi connectivity index (χ1v) is 7.39. The van der Waals surface area contributed by atoms with Gasteiger partial charge in [0.15, 0.2) is 0 Å². The fourth-order valence-electron chi connectivity index (χ4n) is 1.47. The summed E-state index contributed by atoms with van der Waals surface area (Å²) in [6.07, 6.45) is 0.920. The molecule has 3 nitrogen and oxygen atoms in total. The fourth-order valence-corrected chi connectivity index (χ4v) is 2.09. The van der Waals surface area contributed by atoms with E-state index in [1.165, 1.54) is 0 Å². The minimum Gasteiger partial charge on any atom is -0.497 e. The predicted molar refractivity (Wildman–Crippen MR) is 80.7 cm³/mol. The average molecular weight is 379 g/mol. The fraction of sp³-hybridized carbons (Fsp3) is 0.462. The Bertz CT molecular complexity index is 421. The van der Waals surface area contributed by atoms with Crippen molar-refractivity contribution >= 4 is 37.8 Å². The van der Waals surface area contributed by atoms with Crippen LogP contribution in [-0.4, -0.2) is 36.3 Å². The average Bonchev–Trinajstić information content (AvgIpc) is 2.35. The van der Waals surface area contributed by atoms with Crippen LogP contribution in [0.5, 0.6) is 5.75 Å². The lowest BCUT2D eigenvalue weighted by Gasteiger charge is -2.19. The summed E-state index contributed by atoms with van der Waals surface area (Å²) in [6, 6.07) is 5.40. The third kappa shape index (κ3) is 4.28. The van der Waals surface area contributed by atoms with Crippen molar-refractivity contribution in [2.45, 2.75) is 18.2 Å². The summed E-state index contributed by atoms with van der Waals surface area (Å²) >= 11 is 6.87. The number of nitrogens with zero attached hydrogens (tertiary/aromatic N) is 1. The van der Waals surface area contributed by atoms with E-state index in [4.69, 9.17) is 4.74 Å². The van der Waals surface area contributed by atoms with Crippen molar-refractivity contribution in [1.82, 2.24) is 4.90 Å². The van der Waals surface area contributed by atoms with Crippen LogP contribution < -0.4 is 4.74 Å². The van der Waals surface area contributed by atoms with Gasteiger partial charge in [0, 0.05) is 22.9 Å². The highest BCUT2D eigenvalue weighted by Gasteiger charge is 2.16. The van der Waals surface area contributed by atoms with Crippen LogP contribution in [0.1, 0.15) is 23.7 Å². The number of hydrogen-bond acceptors (Lipinski definition) is 2. The number of hydrogen-bond donors (Lipinski definition) is 0. The van der Waals surface area contributed by atoms with Crippen LogP contribution in [0, 0.1) is 0 Å². The lowest BCUT2D eigenvalue weighted by atomic mass is 10.2. The van der Waals surface area contributed by atoms with Crippen LogP contribution in [-0.2, 0) is 0 Å². The molecule has 1 aromatic carbocycles. The Labute approximate surface area is 125 Å². The van der Waals surface area contributed by atoms with Gasteiger partial charge in [-0.1, -0.05) is 22.9 Å². The molecule has 0 saturated heterocycles. The van der Waals surface area contributed by atoms with Crippen molar-refractivity contribution < 1.29 is 9.53 Å². The molecule has 1 amide bonds. The summed E-state index contributed by atoms with van der Waals surface area (Å²) in [5.41, 5.74) is 0.624. The maximum Gasteiger partial charge on any atom is 0.254 e. The maximum absolute atomic E-state index is 12.3. The van der Waals surface area contributed by atoms with Gasteiger partial charge >= 0.3 is 0 Å². The first-order valence-electron chi connectivity index (χ1n) is 5.68. The standard InChI is InChI=1S/C13H17Br2NO2/c1-9(14)6-7-16(2)13(17)11-8-10(18-3)4-5-12(11)15/h4-5,8-9H,6-7H2,1-3H3. The second kappa shape index (κ2) is 7.14. The molecule has 0 saturated carbocycles. The number of rotatable bonds is 5. The zero-order chi connectivity index (χ0) is 13.7. The van der Waals surface area contributed by atoms with Gasteiger partial charge in [-0.05, 0) is 40.5 Å². The molecule has 0 aliphatic rings. The molecule has 0 aliphatic heterocycles. The van der Waals surface area contributed by atoms with Gasteiger partial charge in [0.2, 0.25) is 0 Å². The Morgan fingerprint density at radius 3 is 2.72 bits per heavy atom. The first-order chi connectivity index (χ1) is 8.45. The number of carbonyl (C=O) groups excluding carboxylic acids is 1. The van der Waals surface area contributed by atoms with Gasteiger partial charge in [0.05, 0.1) is 12.7 Å². The van der Waals surface area contributed by atoms with E-state index in [9.17, 15) is 4.79 Å². The lowest BCUT2D eigenvalue weighted by molar-refractivity contribution is 0.0792. The predicted octanol–water partition coefficient (Wildman–Crippen LogP) is 3.70. The molecule has 1 rings (SSSR count). The van der Waals surface area contributed by atoms with Gasteiger partial charge in [-0.2, -0.15) is 0 Å². The minimum atomic E-state index is -0.00562. The highest BCUT2D eigenvalue weighted by atomic mass is 79.9. The maximum atomic E-state index is 12.3. The molecule has 0 aliphatic carbocycles. The lowest BCUT2D eigenvalue weighted by Crippen LogP contribution is -2.29. The van der Waals surface area contributed by atoms with E-state index in [2.05, 4.69) is 38.8 Å². The summed E-state index contributed by atoms with van der Waals surface area (Å²) in [6.45, 7) is 2.79. The van der Waals surface area contributed by atoms with E-state index in [1.54, 1.807) is 18.1 Å². The van der Waals surface area contributed by atoms with Crippen LogP contribution in [0.3, 0.4) is 0 Å². The van der Waals surface area contributed by atoms with E-state index in [1.807, 2.05) is 19.2 Å². The molecule has 0 radical (unpaired) electrons. The molecule has 1 aromatic rings. The summed E-state index contributed by atoms with van der Waals surface area (Å²) in [5.74, 6) is 0.678. The monoisotopic (exact) mass is 377 g/mol. The molecule has 0 aromatic heterocycles. The Kier molecular flexibility index (Phi) is 6.15. The van der Waals surface area contributed by atoms with Crippen molar-refractivity contribution in [2.24, 2.45) is 0 Å². The first kappa shape index (κ1) is 15.5. The molecule has 0 spiro atoms. The van der Waals surface area contributed by atoms with Crippen LogP contribution in [0.4, 0.5) is 0 Å². The molecular weight excluding hydrogens is 362 g/mol. The van der Waals surface area contributed by atoms with Crippen molar-refractivity contribution in [1.29, 1.82) is 0 Å². The molecule has 18 heavy (non-hydrogen) atoms. The molecule has 0 fully saturated rings. The van der Waals surface area contributed by atoms with Crippen molar-refractivity contribution in [3.63, 3.8) is 0 Å². The molecule has 1 unspecified atom stereocenters.